The van der Waals surface area contributed by atoms with Gasteiger partial charge in [0.15, 0.2) is 0 Å². The Kier molecular flexibility index (Phi) is 3.99. The van der Waals surface area contributed by atoms with E-state index in [1.807, 2.05) is 24.8 Å². The zero-order chi connectivity index (χ0) is 19.7. The van der Waals surface area contributed by atoms with Crippen molar-refractivity contribution in [1.82, 2.24) is 14.1 Å². The molecule has 1 atom stereocenters. The van der Waals surface area contributed by atoms with Gasteiger partial charge in [0.05, 0.1) is 22.3 Å². The molecule has 1 aromatic heterocycles. The van der Waals surface area contributed by atoms with Crippen molar-refractivity contribution in [3.63, 3.8) is 0 Å². The predicted octanol–water partition coefficient (Wildman–Crippen LogP) is 2.78. The van der Waals surface area contributed by atoms with Gasteiger partial charge >= 0.3 is 0 Å². The number of anilines is 3. The van der Waals surface area contributed by atoms with Crippen LogP contribution in [0.2, 0.25) is 0 Å². The minimum absolute atomic E-state index is 0.0403. The molecular weight excluding hydrogens is 468 g/mol. The molecule has 0 saturated heterocycles. The van der Waals surface area contributed by atoms with Crippen molar-refractivity contribution in [2.45, 2.75) is 43.2 Å². The van der Waals surface area contributed by atoms with Crippen molar-refractivity contribution >= 4 is 60.0 Å². The topological polar surface area (TPSA) is 100 Å². The Labute approximate surface area is 174 Å². The fourth-order valence-electron chi connectivity index (χ4n) is 3.32. The molecule has 0 unspecified atom stereocenters. The van der Waals surface area contributed by atoms with Crippen molar-refractivity contribution in [2.75, 3.05) is 16.4 Å². The number of benzene rings is 1. The first-order valence-electron chi connectivity index (χ1n) is 8.74. The first-order valence-corrected chi connectivity index (χ1v) is 11.8. The fraction of sp³-hybridized carbons (Fsp3) is 0.438. The van der Waals surface area contributed by atoms with Gasteiger partial charge in [-0.3, -0.25) is 0 Å². The first kappa shape index (κ1) is 18.3. The summed E-state index contributed by atoms with van der Waals surface area (Å²) in [5.74, 6) is 0.550. The van der Waals surface area contributed by atoms with Crippen LogP contribution < -0.4 is 14.5 Å². The van der Waals surface area contributed by atoms with Gasteiger partial charge in [-0.2, -0.15) is 9.36 Å². The second-order valence-corrected chi connectivity index (χ2v) is 10.5. The molecule has 1 N–H and O–H groups in total. The molecule has 5 rings (SSSR count). The average Bonchev–Trinajstić information content (AvgIpc) is 3.06. The highest BCUT2D eigenvalue weighted by molar-refractivity contribution is 9.10. The van der Waals surface area contributed by atoms with E-state index in [-0.39, 0.29) is 16.5 Å². The van der Waals surface area contributed by atoms with Crippen LogP contribution in [0.4, 0.5) is 16.5 Å². The second-order valence-electron chi connectivity index (χ2n) is 7.40. The number of nitrogens with one attached hydrogen (secondary N) is 1. The predicted molar refractivity (Wildman–Crippen MR) is 109 cm³/mol. The SMILES string of the molecule is C[C@@H]1CON=C2N(c3nc(Br)ns3)c3cc(S(=O)(=O)NC4(C)CC4)ccc3N21. The summed E-state index contributed by atoms with van der Waals surface area (Å²) in [4.78, 5) is 13.8. The van der Waals surface area contributed by atoms with Crippen molar-refractivity contribution in [2.24, 2.45) is 5.16 Å². The summed E-state index contributed by atoms with van der Waals surface area (Å²) in [5.41, 5.74) is 1.20. The summed E-state index contributed by atoms with van der Waals surface area (Å²) < 4.78 is 33.2. The lowest BCUT2D eigenvalue weighted by molar-refractivity contribution is 0.122. The lowest BCUT2D eigenvalue weighted by Gasteiger charge is -2.30. The van der Waals surface area contributed by atoms with Crippen LogP contribution in [-0.2, 0) is 14.9 Å². The zero-order valence-corrected chi connectivity index (χ0v) is 18.3. The number of fused-ring (bicyclic) bond motifs is 3. The van der Waals surface area contributed by atoms with Crippen molar-refractivity contribution in [3.8, 4) is 0 Å². The lowest BCUT2D eigenvalue weighted by atomic mass is 10.2. The van der Waals surface area contributed by atoms with Gasteiger partial charge in [0.25, 0.3) is 5.96 Å². The number of halogens is 1. The van der Waals surface area contributed by atoms with Crippen LogP contribution >= 0.6 is 27.5 Å². The maximum atomic E-state index is 12.9. The van der Waals surface area contributed by atoms with Crippen LogP contribution in [0, 0.1) is 0 Å². The lowest BCUT2D eigenvalue weighted by Crippen LogP contribution is -2.46. The van der Waals surface area contributed by atoms with Gasteiger partial charge in [-0.05, 0) is 66.0 Å². The molecule has 1 aromatic carbocycles. The van der Waals surface area contributed by atoms with Crippen LogP contribution in [0.5, 0.6) is 0 Å². The van der Waals surface area contributed by atoms with Gasteiger partial charge in [-0.1, -0.05) is 0 Å². The van der Waals surface area contributed by atoms with Crippen molar-refractivity contribution < 1.29 is 13.3 Å². The molecule has 148 valence electrons. The summed E-state index contributed by atoms with van der Waals surface area (Å²) in [6, 6.07) is 5.14. The van der Waals surface area contributed by atoms with Crippen LogP contribution in [0.1, 0.15) is 26.7 Å². The molecule has 3 aliphatic rings. The number of hydrogen-bond acceptors (Lipinski definition) is 9. The third-order valence-electron chi connectivity index (χ3n) is 5.04. The number of nitrogens with zero attached hydrogens (tertiary/aromatic N) is 5. The molecule has 0 radical (unpaired) electrons. The van der Waals surface area contributed by atoms with Crippen LogP contribution in [0.25, 0.3) is 0 Å². The molecule has 3 heterocycles. The molecule has 9 nitrogen and oxygen atoms in total. The average molecular weight is 485 g/mol. The van der Waals surface area contributed by atoms with Gasteiger partial charge in [-0.25, -0.2) is 18.0 Å². The summed E-state index contributed by atoms with van der Waals surface area (Å²) in [7, 11) is -3.63. The highest BCUT2D eigenvalue weighted by Gasteiger charge is 2.44. The Morgan fingerprint density at radius 3 is 2.82 bits per heavy atom. The summed E-state index contributed by atoms with van der Waals surface area (Å²) in [6.45, 7) is 4.38. The number of guanidine groups is 1. The Bertz CT molecular complexity index is 1100. The van der Waals surface area contributed by atoms with E-state index in [2.05, 4.69) is 35.2 Å². The molecule has 1 aliphatic carbocycles. The molecule has 0 bridgehead atoms. The van der Waals surface area contributed by atoms with Crippen LogP contribution in [0.3, 0.4) is 0 Å². The number of oxime groups is 1. The van der Waals surface area contributed by atoms with Gasteiger partial charge < -0.3 is 9.74 Å². The Morgan fingerprint density at radius 1 is 1.36 bits per heavy atom. The van der Waals surface area contributed by atoms with Crippen LogP contribution in [-0.4, -0.2) is 41.9 Å². The molecular formula is C16H17BrN6O3S2. The van der Waals surface area contributed by atoms with E-state index in [0.717, 1.165) is 18.5 Å². The minimum atomic E-state index is -3.63. The monoisotopic (exact) mass is 484 g/mol. The van der Waals surface area contributed by atoms with Gasteiger partial charge in [0, 0.05) is 17.1 Å². The quantitative estimate of drug-likeness (QED) is 0.711. The third-order valence-corrected chi connectivity index (χ3v) is 7.97. The van der Waals surface area contributed by atoms with Gasteiger partial charge in [0.1, 0.15) is 6.61 Å². The smallest absolute Gasteiger partial charge is 0.254 e. The van der Waals surface area contributed by atoms with Gasteiger partial charge in [-0.15, -0.1) is 0 Å². The van der Waals surface area contributed by atoms with E-state index >= 15 is 0 Å². The maximum Gasteiger partial charge on any atom is 0.254 e. The molecule has 1 saturated carbocycles. The van der Waals surface area contributed by atoms with Crippen molar-refractivity contribution in [3.05, 3.63) is 22.9 Å². The van der Waals surface area contributed by atoms with Crippen LogP contribution in [0.15, 0.2) is 33.0 Å². The molecule has 1 fully saturated rings. The summed E-state index contributed by atoms with van der Waals surface area (Å²) >= 11 is 4.47. The number of sulfonamides is 1. The molecule has 0 spiro atoms. The number of aromatic nitrogens is 2. The standard InChI is InChI=1S/C16H17BrN6O3S2/c1-9-8-26-19-14-22(9)11-4-3-10(28(24,25)21-16(2)5-6-16)7-12(11)23(14)15-18-13(17)20-27-15/h3-4,7,9,21H,5-6,8H2,1-2H3/t9-/m1/s1. The van der Waals surface area contributed by atoms with E-state index in [1.54, 1.807) is 17.0 Å². The fourth-order valence-corrected chi connectivity index (χ4v) is 5.90. The first-order chi connectivity index (χ1) is 13.3. The number of hydrogen-bond donors (Lipinski definition) is 1. The summed E-state index contributed by atoms with van der Waals surface area (Å²) in [6.07, 6.45) is 1.70. The number of rotatable bonds is 4. The molecule has 28 heavy (non-hydrogen) atoms. The van der Waals surface area contributed by atoms with E-state index < -0.39 is 10.0 Å². The molecule has 12 heteroatoms. The second kappa shape index (κ2) is 6.12. The highest BCUT2D eigenvalue weighted by Crippen LogP contribution is 2.46. The van der Waals surface area contributed by atoms with E-state index in [0.29, 0.717) is 28.1 Å². The normalized spacial score (nSPS) is 22.4. The Hall–Kier alpha value is -1.76. The van der Waals surface area contributed by atoms with Gasteiger partial charge in [0.2, 0.25) is 19.9 Å². The van der Waals surface area contributed by atoms with E-state index in [1.165, 1.54) is 11.5 Å². The Balaban J connectivity index is 1.64. The molecule has 2 aliphatic heterocycles. The largest absolute Gasteiger partial charge is 0.391 e. The Morgan fingerprint density at radius 2 is 2.14 bits per heavy atom. The highest BCUT2D eigenvalue weighted by atomic mass is 79.9. The molecule has 0 amide bonds. The van der Waals surface area contributed by atoms with Crippen molar-refractivity contribution in [1.29, 1.82) is 0 Å². The third kappa shape index (κ3) is 2.90. The van der Waals surface area contributed by atoms with E-state index in [9.17, 15) is 8.42 Å². The zero-order valence-electron chi connectivity index (χ0n) is 15.1. The minimum Gasteiger partial charge on any atom is -0.391 e. The molecule has 2 aromatic rings. The maximum absolute atomic E-state index is 12.9. The van der Waals surface area contributed by atoms with E-state index in [4.69, 9.17) is 4.84 Å². The summed E-state index contributed by atoms with van der Waals surface area (Å²) in [5, 5.41) is 4.78.